The van der Waals surface area contributed by atoms with Gasteiger partial charge in [-0.15, -0.1) is 22.9 Å². The Morgan fingerprint density at radius 1 is 1.56 bits per heavy atom. The molecule has 7 heteroatoms. The smallest absolute Gasteiger partial charge is 0.207 e. The zero-order valence-corrected chi connectivity index (χ0v) is 13.6. The number of rotatable bonds is 4. The van der Waals surface area contributed by atoms with Crippen molar-refractivity contribution in [1.82, 2.24) is 4.31 Å². The molecule has 0 saturated carbocycles. The molecule has 1 fully saturated rings. The summed E-state index contributed by atoms with van der Waals surface area (Å²) in [5.74, 6) is 2.30. The van der Waals surface area contributed by atoms with Crippen molar-refractivity contribution in [2.75, 3.05) is 18.6 Å². The molecule has 0 bridgehead atoms. The molecule has 1 aliphatic heterocycles. The first kappa shape index (κ1) is 14.7. The van der Waals surface area contributed by atoms with Gasteiger partial charge in [-0.2, -0.15) is 16.1 Å². The lowest BCUT2D eigenvalue weighted by molar-refractivity contribution is 0.394. The molecular formula is C11H16ClNO2S3. The Morgan fingerprint density at radius 2 is 2.28 bits per heavy atom. The van der Waals surface area contributed by atoms with Gasteiger partial charge in [0.1, 0.15) is 0 Å². The maximum Gasteiger partial charge on any atom is 0.244 e. The first-order valence-corrected chi connectivity index (χ1v) is 9.62. The average molecular weight is 326 g/mol. The minimum Gasteiger partial charge on any atom is -0.207 e. The van der Waals surface area contributed by atoms with E-state index in [9.17, 15) is 8.42 Å². The van der Waals surface area contributed by atoms with Crippen molar-refractivity contribution in [1.29, 1.82) is 0 Å². The van der Waals surface area contributed by atoms with E-state index < -0.39 is 10.0 Å². The summed E-state index contributed by atoms with van der Waals surface area (Å²) in [6.45, 7) is 1.84. The predicted octanol–water partition coefficient (Wildman–Crippen LogP) is 2.92. The summed E-state index contributed by atoms with van der Waals surface area (Å²) < 4.78 is 26.6. The molecule has 0 spiro atoms. The highest BCUT2D eigenvalue weighted by Gasteiger charge is 2.32. The third-order valence-corrected chi connectivity index (χ3v) is 7.94. The van der Waals surface area contributed by atoms with Crippen molar-refractivity contribution in [3.63, 3.8) is 0 Å². The number of aryl methyl sites for hydroxylation is 1. The van der Waals surface area contributed by atoms with Crippen molar-refractivity contribution in [3.8, 4) is 0 Å². The van der Waals surface area contributed by atoms with Gasteiger partial charge in [-0.3, -0.25) is 0 Å². The van der Waals surface area contributed by atoms with E-state index in [4.69, 9.17) is 11.6 Å². The van der Waals surface area contributed by atoms with E-state index in [-0.39, 0.29) is 6.04 Å². The number of thioether (sulfide) groups is 1. The highest BCUT2D eigenvalue weighted by atomic mass is 35.5. The van der Waals surface area contributed by atoms with Crippen molar-refractivity contribution >= 4 is 44.7 Å². The largest absolute Gasteiger partial charge is 0.244 e. The third-order valence-electron chi connectivity index (χ3n) is 3.13. The van der Waals surface area contributed by atoms with Crippen molar-refractivity contribution in [2.45, 2.75) is 30.2 Å². The van der Waals surface area contributed by atoms with Gasteiger partial charge in [0.25, 0.3) is 0 Å². The van der Waals surface area contributed by atoms with Gasteiger partial charge in [-0.1, -0.05) is 0 Å². The molecule has 0 amide bonds. The van der Waals surface area contributed by atoms with Gasteiger partial charge in [0.05, 0.1) is 10.8 Å². The van der Waals surface area contributed by atoms with Crippen LogP contribution in [-0.4, -0.2) is 37.3 Å². The van der Waals surface area contributed by atoms with Crippen LogP contribution in [0.2, 0.25) is 0 Å². The molecule has 0 radical (unpaired) electrons. The van der Waals surface area contributed by atoms with E-state index in [0.29, 0.717) is 10.8 Å². The molecule has 0 aromatic carbocycles. The van der Waals surface area contributed by atoms with E-state index >= 15 is 0 Å². The Balaban J connectivity index is 2.31. The standard InChI is InChI=1S/C11H16ClNO2S3/c1-8-11(5-10(6-12)17-8)18(14,15)13(2)9-3-4-16-7-9/h5,9H,3-4,6-7H2,1-2H3. The van der Waals surface area contributed by atoms with Gasteiger partial charge in [0.15, 0.2) is 0 Å². The predicted molar refractivity (Wildman–Crippen MR) is 79.3 cm³/mol. The summed E-state index contributed by atoms with van der Waals surface area (Å²) >= 11 is 9.04. The van der Waals surface area contributed by atoms with Crippen LogP contribution < -0.4 is 0 Å². The topological polar surface area (TPSA) is 37.4 Å². The maximum absolute atomic E-state index is 12.5. The minimum absolute atomic E-state index is 0.124. The average Bonchev–Trinajstić information content (AvgIpc) is 2.96. The lowest BCUT2D eigenvalue weighted by Crippen LogP contribution is -2.37. The second-order valence-corrected chi connectivity index (χ2v) is 9.03. The fraction of sp³-hybridized carbons (Fsp3) is 0.636. The summed E-state index contributed by atoms with van der Waals surface area (Å²) in [7, 11) is -1.69. The van der Waals surface area contributed by atoms with Crippen molar-refractivity contribution in [2.24, 2.45) is 0 Å². The molecule has 1 unspecified atom stereocenters. The summed E-state index contributed by atoms with van der Waals surface area (Å²) in [5.41, 5.74) is 0. The summed E-state index contributed by atoms with van der Waals surface area (Å²) in [5, 5.41) is 0. The Kier molecular flexibility index (Phi) is 4.65. The number of halogens is 1. The molecule has 2 rings (SSSR count). The molecule has 1 atom stereocenters. The second kappa shape index (κ2) is 5.71. The van der Waals surface area contributed by atoms with E-state index in [1.165, 1.54) is 15.6 Å². The van der Waals surface area contributed by atoms with E-state index in [1.807, 2.05) is 18.7 Å². The molecule has 3 nitrogen and oxygen atoms in total. The Hall–Kier alpha value is 0.250. The van der Waals surface area contributed by atoms with Gasteiger partial charge >= 0.3 is 0 Å². The quantitative estimate of drug-likeness (QED) is 0.799. The van der Waals surface area contributed by atoms with Gasteiger partial charge in [-0.25, -0.2) is 8.42 Å². The Labute approximate surface area is 122 Å². The molecule has 0 aliphatic carbocycles. The number of nitrogens with zero attached hydrogens (tertiary/aromatic N) is 1. The minimum atomic E-state index is -3.37. The lowest BCUT2D eigenvalue weighted by atomic mass is 10.3. The molecule has 2 heterocycles. The molecule has 1 aromatic heterocycles. The monoisotopic (exact) mass is 325 g/mol. The molecule has 1 saturated heterocycles. The molecule has 1 aliphatic rings. The fourth-order valence-corrected chi connectivity index (χ4v) is 6.45. The fourth-order valence-electron chi connectivity index (χ4n) is 2.01. The summed E-state index contributed by atoms with van der Waals surface area (Å²) in [4.78, 5) is 2.15. The number of thiophene rings is 1. The maximum atomic E-state index is 12.5. The molecule has 102 valence electrons. The highest BCUT2D eigenvalue weighted by molar-refractivity contribution is 7.99. The molecular weight excluding hydrogens is 310 g/mol. The van der Waals surface area contributed by atoms with Crippen LogP contribution in [0.4, 0.5) is 0 Å². The Bertz CT molecular complexity index is 520. The van der Waals surface area contributed by atoms with Crippen LogP contribution >= 0.6 is 34.7 Å². The lowest BCUT2D eigenvalue weighted by Gasteiger charge is -2.22. The Morgan fingerprint density at radius 3 is 2.78 bits per heavy atom. The zero-order chi connectivity index (χ0) is 13.3. The summed E-state index contributed by atoms with van der Waals surface area (Å²) in [6.07, 6.45) is 0.936. The summed E-state index contributed by atoms with van der Waals surface area (Å²) in [6, 6.07) is 1.83. The van der Waals surface area contributed by atoms with Crippen LogP contribution in [0.15, 0.2) is 11.0 Å². The first-order valence-electron chi connectivity index (χ1n) is 5.68. The number of sulfonamides is 1. The molecule has 18 heavy (non-hydrogen) atoms. The van der Waals surface area contributed by atoms with Crippen LogP contribution in [0.3, 0.4) is 0 Å². The zero-order valence-electron chi connectivity index (χ0n) is 10.3. The van der Waals surface area contributed by atoms with Gasteiger partial charge < -0.3 is 0 Å². The van der Waals surface area contributed by atoms with Crippen LogP contribution in [0.25, 0.3) is 0 Å². The van der Waals surface area contributed by atoms with Gasteiger partial charge in [0.2, 0.25) is 10.0 Å². The van der Waals surface area contributed by atoms with Crippen LogP contribution in [0, 0.1) is 6.92 Å². The third kappa shape index (κ3) is 2.72. The van der Waals surface area contributed by atoms with Crippen molar-refractivity contribution in [3.05, 3.63) is 15.8 Å². The second-order valence-electron chi connectivity index (χ2n) is 4.31. The van der Waals surface area contributed by atoms with Crippen LogP contribution in [0.1, 0.15) is 16.2 Å². The van der Waals surface area contributed by atoms with Crippen LogP contribution in [-0.2, 0) is 15.9 Å². The van der Waals surface area contributed by atoms with Gasteiger partial charge in [0, 0.05) is 28.6 Å². The number of hydrogen-bond donors (Lipinski definition) is 0. The van der Waals surface area contributed by atoms with E-state index in [2.05, 4.69) is 0 Å². The van der Waals surface area contributed by atoms with Crippen molar-refractivity contribution < 1.29 is 8.42 Å². The SMILES string of the molecule is Cc1sc(CCl)cc1S(=O)(=O)N(C)C1CCSC1. The molecule has 0 N–H and O–H groups in total. The normalized spacial score (nSPS) is 20.8. The van der Waals surface area contributed by atoms with E-state index in [1.54, 1.807) is 13.1 Å². The first-order chi connectivity index (χ1) is 8.46. The van der Waals surface area contributed by atoms with E-state index in [0.717, 1.165) is 27.7 Å². The van der Waals surface area contributed by atoms with Gasteiger partial charge in [-0.05, 0) is 25.2 Å². The molecule has 1 aromatic rings. The highest BCUT2D eigenvalue weighted by Crippen LogP contribution is 2.31. The number of hydrogen-bond acceptors (Lipinski definition) is 4. The van der Waals surface area contributed by atoms with Crippen LogP contribution in [0.5, 0.6) is 0 Å². The number of alkyl halides is 1.